The standard InChI is InChI=1S/C24H21N7O2.C22H18N6O.C18H14N8O2.C14H12FN5.C14H13N5/c1-14-4-7-17(8-5-14)32-12-18-20-11-22-23(24-26-16(3)33-28-24)25-13-30(22)19-9-6-15(2)10-21(19)31(20)29-27-18;1-14-7-8-18-19(9-14)28-16(11-24-26-28)10-20-21(23-13-27(18)20)22-25-17(12-29-22)15-5-3-2-4-6-15;1-10-21-18(28-24-10)16-14-7-25-15(8-27-2)22-23-17(25)12-5-11(6-19)3-4-13(12)26(14)9-20-16;1-8-12-6-13-9(2)17-18-20(13)14-5-10(15)3-4-11(14)19(12)7-16-8;1-9-13-7-14-10(2)16-17-19(14)12-6-4-3-5-11(12)18(13)8-15-9/h4-10,13H,11-12H2,1-3H3;2-9,11,13,17H,10,12H2,1H3;3-5,9H,7-8H2,1-2H3;3-5,7H,6H2,1-2H3;3-6,8H,7H2,1-2H3/t;17-;;;/m.0.../s1. The molecular formula is C92H78FN31O5. The van der Waals surface area contributed by atoms with Gasteiger partial charge in [0, 0.05) is 51.3 Å². The van der Waals surface area contributed by atoms with Crippen LogP contribution in [-0.2, 0) is 54.9 Å². The molecule has 0 aliphatic carbocycles. The second kappa shape index (κ2) is 32.4. The molecule has 0 amide bonds. The van der Waals surface area contributed by atoms with E-state index in [1.54, 1.807) is 62.8 Å². The molecular weight excluding hydrogens is 1640 g/mol. The average molecular weight is 1720 g/mol. The highest BCUT2D eigenvalue weighted by molar-refractivity contribution is 5.95. The van der Waals surface area contributed by atoms with Crippen molar-refractivity contribution in [2.75, 3.05) is 13.7 Å². The van der Waals surface area contributed by atoms with E-state index in [1.165, 1.54) is 29.0 Å². The fourth-order valence-corrected chi connectivity index (χ4v) is 16.9. The molecule has 36 nitrogen and oxygen atoms in total. The first-order valence-electron chi connectivity index (χ1n) is 41.5. The molecule has 0 spiro atoms. The third-order valence-corrected chi connectivity index (χ3v) is 23.5. The van der Waals surface area contributed by atoms with E-state index in [9.17, 15) is 9.65 Å². The molecule has 25 rings (SSSR count). The average Bonchev–Trinajstić information content (AvgIpc) is 1.61. The summed E-state index contributed by atoms with van der Waals surface area (Å²) in [6, 6.07) is 51.3. The number of imidazole rings is 5. The fraction of sp³-hybridized carbons (Fsp3) is 0.207. The van der Waals surface area contributed by atoms with Gasteiger partial charge in [0.1, 0.15) is 73.5 Å². The van der Waals surface area contributed by atoms with E-state index < -0.39 is 0 Å². The van der Waals surface area contributed by atoms with Crippen molar-refractivity contribution in [2.45, 2.75) is 114 Å². The zero-order valence-corrected chi connectivity index (χ0v) is 71.4. The van der Waals surface area contributed by atoms with Crippen molar-refractivity contribution in [3.63, 3.8) is 0 Å². The predicted octanol–water partition coefficient (Wildman–Crippen LogP) is 13.1. The SMILES string of the molecule is COCc1nnc2n1Cc1c(-c3nc(C)no3)ncn1-c1ccc(C#N)cc1-2.Cc1ccc(OCc2nnn3c2Cc2c(-c4noc(C)n4)ncn2-c2ccc(C)cc2-3)cc1.Cc1ccc2c(c1)-n1nncc1Cc1c(C3=N[C@H](c4ccccc4)CO3)ncn1-2.Cc1ncn2c1Cc1c(C)nnn1-c1cc(F)ccc1-2.Cc1ncn2c1Cc1c(C)nnn1-c1ccccc1-2. The Balaban J connectivity index is 0.0000000991. The largest absolute Gasteiger partial charge is 0.487 e. The highest BCUT2D eigenvalue weighted by atomic mass is 19.1. The number of benzene rings is 7. The highest BCUT2D eigenvalue weighted by Crippen LogP contribution is 2.40. The summed E-state index contributed by atoms with van der Waals surface area (Å²) in [6.07, 6.45) is 13.5. The van der Waals surface area contributed by atoms with Crippen LogP contribution >= 0.6 is 0 Å². The Labute approximate surface area is 733 Å². The van der Waals surface area contributed by atoms with Gasteiger partial charge in [0.2, 0.25) is 17.6 Å². The third-order valence-electron chi connectivity index (χ3n) is 23.5. The fourth-order valence-electron chi connectivity index (χ4n) is 16.9. The van der Waals surface area contributed by atoms with Crippen LogP contribution in [0.25, 0.3) is 85.7 Å². The lowest BCUT2D eigenvalue weighted by Gasteiger charge is -2.10. The summed E-state index contributed by atoms with van der Waals surface area (Å²) in [5, 5.41) is 60.1. The molecule has 18 heterocycles. The van der Waals surface area contributed by atoms with Gasteiger partial charge in [-0.3, -0.25) is 13.7 Å². The summed E-state index contributed by atoms with van der Waals surface area (Å²) < 4.78 is 61.2. The van der Waals surface area contributed by atoms with Gasteiger partial charge >= 0.3 is 0 Å². The van der Waals surface area contributed by atoms with Crippen LogP contribution in [0.5, 0.6) is 5.75 Å². The number of aromatic nitrogens is 29. The molecule has 0 bridgehead atoms. The van der Waals surface area contributed by atoms with Crippen LogP contribution in [0.3, 0.4) is 0 Å². The molecule has 1 atom stereocenters. The lowest BCUT2D eigenvalue weighted by atomic mass is 10.1. The van der Waals surface area contributed by atoms with Crippen LogP contribution in [0.2, 0.25) is 0 Å². The van der Waals surface area contributed by atoms with Gasteiger partial charge in [-0.25, -0.2) is 53.0 Å². The Morgan fingerprint density at radius 2 is 1.05 bits per heavy atom. The highest BCUT2D eigenvalue weighted by Gasteiger charge is 2.35. The van der Waals surface area contributed by atoms with Gasteiger partial charge in [0.05, 0.1) is 162 Å². The number of nitrogens with zero attached hydrogens (tertiary/aromatic N) is 31. The van der Waals surface area contributed by atoms with Gasteiger partial charge in [-0.2, -0.15) is 15.2 Å². The number of methoxy groups -OCH3 is 1. The molecule has 12 aromatic heterocycles. The lowest BCUT2D eigenvalue weighted by Crippen LogP contribution is -2.09. The van der Waals surface area contributed by atoms with E-state index in [4.69, 9.17) is 28.2 Å². The van der Waals surface area contributed by atoms with Crippen LogP contribution < -0.4 is 4.74 Å². The van der Waals surface area contributed by atoms with E-state index in [2.05, 4.69) is 191 Å². The molecule has 19 aromatic rings. The third kappa shape index (κ3) is 14.3. The van der Waals surface area contributed by atoms with Crippen LogP contribution in [-0.4, -0.2) is 162 Å². The summed E-state index contributed by atoms with van der Waals surface area (Å²) in [7, 11) is 1.61. The molecule has 0 saturated carbocycles. The number of fused-ring (bicyclic) bond motifs is 25. The van der Waals surface area contributed by atoms with E-state index in [0.717, 1.165) is 154 Å². The number of ether oxygens (including phenoxy) is 3. The van der Waals surface area contributed by atoms with Crippen molar-refractivity contribution in [3.8, 4) is 97.5 Å². The van der Waals surface area contributed by atoms with Gasteiger partial charge in [0.25, 0.3) is 5.89 Å². The van der Waals surface area contributed by atoms with Crippen molar-refractivity contribution in [1.82, 2.24) is 143 Å². The Hall–Kier alpha value is -16.8. The number of rotatable bonds is 9. The molecule has 0 N–H and O–H groups in total. The normalized spacial score (nSPS) is 13.3. The molecule has 0 radical (unpaired) electrons. The van der Waals surface area contributed by atoms with Crippen molar-refractivity contribution in [1.29, 1.82) is 5.26 Å². The van der Waals surface area contributed by atoms with Crippen LogP contribution in [0.1, 0.15) is 137 Å². The maximum atomic E-state index is 13.6. The van der Waals surface area contributed by atoms with Crippen molar-refractivity contribution in [2.24, 2.45) is 4.99 Å². The van der Waals surface area contributed by atoms with E-state index in [1.807, 2.05) is 142 Å². The monoisotopic (exact) mass is 1720 g/mol. The van der Waals surface area contributed by atoms with Crippen LogP contribution in [0.15, 0.2) is 204 Å². The topological polar surface area (TPSA) is 384 Å². The van der Waals surface area contributed by atoms with E-state index in [-0.39, 0.29) is 11.9 Å². The Kier molecular flexibility index (Phi) is 19.9. The summed E-state index contributed by atoms with van der Waals surface area (Å²) in [5.74, 6) is 4.29. The summed E-state index contributed by atoms with van der Waals surface area (Å²) in [5.41, 5.74) is 30.3. The summed E-state index contributed by atoms with van der Waals surface area (Å²) in [6.45, 7) is 19.2. The quantitative estimate of drug-likeness (QED) is 0.129. The van der Waals surface area contributed by atoms with Gasteiger partial charge in [-0.05, 0) is 151 Å². The van der Waals surface area contributed by atoms with Crippen LogP contribution in [0.4, 0.5) is 4.39 Å². The Bertz CT molecular complexity index is 7570. The predicted molar refractivity (Wildman–Crippen MR) is 464 cm³/mol. The molecule has 129 heavy (non-hydrogen) atoms. The first-order valence-corrected chi connectivity index (χ1v) is 41.5. The number of aryl methyl sites for hydroxylation is 9. The van der Waals surface area contributed by atoms with Crippen molar-refractivity contribution >= 4 is 5.90 Å². The van der Waals surface area contributed by atoms with Gasteiger partial charge in [0.15, 0.2) is 23.2 Å². The van der Waals surface area contributed by atoms with Gasteiger partial charge < -0.3 is 37.0 Å². The van der Waals surface area contributed by atoms with E-state index >= 15 is 0 Å². The summed E-state index contributed by atoms with van der Waals surface area (Å²) >= 11 is 0. The number of aliphatic imine (C=N–C) groups is 1. The van der Waals surface area contributed by atoms with Gasteiger partial charge in [-0.15, -0.1) is 30.6 Å². The van der Waals surface area contributed by atoms with Crippen molar-refractivity contribution < 1.29 is 27.6 Å². The Morgan fingerprint density at radius 3 is 1.73 bits per heavy atom. The van der Waals surface area contributed by atoms with Gasteiger partial charge in [-0.1, -0.05) is 103 Å². The molecule has 0 saturated heterocycles. The number of halogens is 1. The molecule has 7 aromatic carbocycles. The van der Waals surface area contributed by atoms with E-state index in [0.29, 0.717) is 109 Å². The number of hydrogen-bond acceptors (Lipinski definition) is 26. The number of hydrogen-bond donors (Lipinski definition) is 0. The first kappa shape index (κ1) is 79.4. The Morgan fingerprint density at radius 1 is 0.473 bits per heavy atom. The number of para-hydroxylation sites is 2. The zero-order valence-electron chi connectivity index (χ0n) is 71.4. The first-order chi connectivity index (χ1) is 62.9. The smallest absolute Gasteiger partial charge is 0.278 e. The molecule has 6 aliphatic heterocycles. The maximum absolute atomic E-state index is 13.6. The second-order valence-electron chi connectivity index (χ2n) is 31.8. The molecule has 0 unspecified atom stereocenters. The lowest BCUT2D eigenvalue weighted by molar-refractivity contribution is 0.174. The minimum atomic E-state index is -0.289. The number of nitriles is 1. The summed E-state index contributed by atoms with van der Waals surface area (Å²) in [4.78, 5) is 36.2. The maximum Gasteiger partial charge on any atom is 0.278 e. The minimum Gasteiger partial charge on any atom is -0.487 e. The second-order valence-corrected chi connectivity index (χ2v) is 31.8. The molecule has 638 valence electrons. The molecule has 6 aliphatic rings. The van der Waals surface area contributed by atoms with Crippen LogP contribution in [0, 0.1) is 79.5 Å². The molecule has 0 fully saturated rings. The molecule has 37 heteroatoms. The zero-order chi connectivity index (χ0) is 88.0. The van der Waals surface area contributed by atoms with Crippen molar-refractivity contribution in [3.05, 3.63) is 326 Å². The minimum absolute atomic E-state index is 0.00328.